The number of fused-ring (bicyclic) bond motifs is 6. The van der Waals surface area contributed by atoms with Gasteiger partial charge in [0.05, 0.1) is 10.9 Å². The molecule has 2 atom stereocenters. The van der Waals surface area contributed by atoms with Crippen molar-refractivity contribution >= 4 is 41.1 Å². The van der Waals surface area contributed by atoms with Crippen LogP contribution in [0.25, 0.3) is 0 Å². The molecule has 0 N–H and O–H groups in total. The van der Waals surface area contributed by atoms with Crippen LogP contribution >= 0.6 is 23.2 Å². The van der Waals surface area contributed by atoms with Crippen molar-refractivity contribution < 1.29 is 33.3 Å². The number of ether oxygens (including phenoxy) is 4. The van der Waals surface area contributed by atoms with E-state index in [2.05, 4.69) is 0 Å². The Hall–Kier alpha value is -3.29. The highest BCUT2D eigenvalue weighted by Gasteiger charge is 2.59. The minimum atomic E-state index is -1.42. The average Bonchev–Trinajstić information content (AvgIpc) is 3.03. The Kier molecular flexibility index (Phi) is 4.99. The molecule has 1 aliphatic carbocycles. The van der Waals surface area contributed by atoms with Crippen molar-refractivity contribution in [3.63, 3.8) is 0 Å². The molecule has 0 saturated carbocycles. The smallest absolute Gasteiger partial charge is 0.315 e. The summed E-state index contributed by atoms with van der Waals surface area (Å²) >= 11 is 13.1. The number of allylic oxidation sites excluding steroid dienone is 3. The van der Waals surface area contributed by atoms with E-state index in [9.17, 15) is 14.4 Å². The molecular formula is C24H16Cl2O7. The number of carbonyl (C=O) groups is 3. The Morgan fingerprint density at radius 1 is 1.03 bits per heavy atom. The molecule has 2 aromatic carbocycles. The fraction of sp³-hybridized carbons (Fsp3) is 0.208. The molecule has 1 fully saturated rings. The van der Waals surface area contributed by atoms with Gasteiger partial charge in [-0.1, -0.05) is 29.3 Å². The molecule has 2 aliphatic heterocycles. The normalized spacial score (nSPS) is 22.2. The van der Waals surface area contributed by atoms with Gasteiger partial charge in [-0.3, -0.25) is 14.4 Å². The third-order valence-electron chi connectivity index (χ3n) is 5.64. The van der Waals surface area contributed by atoms with Crippen LogP contribution in [-0.4, -0.2) is 17.9 Å². The Morgan fingerprint density at radius 2 is 1.76 bits per heavy atom. The fourth-order valence-corrected chi connectivity index (χ4v) is 5.04. The van der Waals surface area contributed by atoms with Gasteiger partial charge >= 0.3 is 17.9 Å². The van der Waals surface area contributed by atoms with Crippen LogP contribution in [0.15, 0.2) is 53.1 Å². The molecule has 2 aromatic rings. The van der Waals surface area contributed by atoms with Crippen LogP contribution in [0.1, 0.15) is 31.4 Å². The number of halogens is 2. The summed E-state index contributed by atoms with van der Waals surface area (Å²) in [6.45, 7) is 2.54. The molecule has 3 aliphatic rings. The molecule has 0 aromatic heterocycles. The summed E-state index contributed by atoms with van der Waals surface area (Å²) in [4.78, 5) is 36.0. The first-order chi connectivity index (χ1) is 15.7. The van der Waals surface area contributed by atoms with Crippen LogP contribution in [0.5, 0.6) is 23.0 Å². The maximum atomic E-state index is 13.0. The quantitative estimate of drug-likeness (QED) is 0.427. The van der Waals surface area contributed by atoms with Gasteiger partial charge < -0.3 is 18.9 Å². The van der Waals surface area contributed by atoms with Gasteiger partial charge in [0.15, 0.2) is 11.4 Å². The number of benzene rings is 2. The monoisotopic (exact) mass is 486 g/mol. The van der Waals surface area contributed by atoms with E-state index in [-0.39, 0.29) is 28.0 Å². The zero-order valence-corrected chi connectivity index (χ0v) is 19.0. The Labute approximate surface area is 198 Å². The first-order valence-corrected chi connectivity index (χ1v) is 10.8. The highest BCUT2D eigenvalue weighted by atomic mass is 35.5. The van der Waals surface area contributed by atoms with Gasteiger partial charge in [-0.05, 0) is 30.7 Å². The summed E-state index contributed by atoms with van der Waals surface area (Å²) < 4.78 is 22.6. The van der Waals surface area contributed by atoms with Crippen molar-refractivity contribution in [2.45, 2.75) is 25.9 Å². The van der Waals surface area contributed by atoms with Crippen LogP contribution in [-0.2, 0) is 24.7 Å². The van der Waals surface area contributed by atoms with E-state index in [0.29, 0.717) is 28.2 Å². The van der Waals surface area contributed by atoms with Crippen LogP contribution in [0.4, 0.5) is 0 Å². The molecule has 1 saturated heterocycles. The van der Waals surface area contributed by atoms with Gasteiger partial charge in [-0.25, -0.2) is 0 Å². The lowest BCUT2D eigenvalue weighted by molar-refractivity contribution is -0.148. The molecule has 0 bridgehead atoms. The molecule has 0 radical (unpaired) electrons. The van der Waals surface area contributed by atoms with Crippen molar-refractivity contribution in [2.75, 3.05) is 0 Å². The highest BCUT2D eigenvalue weighted by molar-refractivity contribution is 6.33. The average molecular weight is 487 g/mol. The summed E-state index contributed by atoms with van der Waals surface area (Å²) in [6.07, 6.45) is 3.98. The van der Waals surface area contributed by atoms with E-state index in [1.54, 1.807) is 24.3 Å². The molecule has 33 heavy (non-hydrogen) atoms. The van der Waals surface area contributed by atoms with Gasteiger partial charge in [-0.15, -0.1) is 0 Å². The fourth-order valence-electron chi connectivity index (χ4n) is 4.48. The molecule has 5 rings (SSSR count). The van der Waals surface area contributed by atoms with Crippen molar-refractivity contribution in [2.24, 2.45) is 5.92 Å². The standard InChI is InChI=1S/C24H16Cl2O7/c1-11(27)30-13-6-7-15-19(8-13)32-20-10-21(31-12(2)28)18(26)9-16(20)24(15)22-14(23(29)33-24)4-3-5-17(22)25/h3,5-10,14H,4H2,1-2H3. The second kappa shape index (κ2) is 7.64. The zero-order chi connectivity index (χ0) is 23.5. The molecular weight excluding hydrogens is 471 g/mol. The lowest BCUT2D eigenvalue weighted by Crippen LogP contribution is -2.34. The number of carbonyl (C=O) groups excluding carboxylic acids is 3. The zero-order valence-electron chi connectivity index (χ0n) is 17.4. The second-order valence-electron chi connectivity index (χ2n) is 7.78. The largest absolute Gasteiger partial charge is 0.456 e. The van der Waals surface area contributed by atoms with Crippen LogP contribution in [0.3, 0.4) is 0 Å². The van der Waals surface area contributed by atoms with Crippen molar-refractivity contribution in [1.82, 2.24) is 0 Å². The third-order valence-corrected chi connectivity index (χ3v) is 6.27. The first-order valence-electron chi connectivity index (χ1n) is 10.0. The minimum absolute atomic E-state index is 0.0853. The van der Waals surface area contributed by atoms with Crippen molar-refractivity contribution in [3.8, 4) is 23.0 Å². The molecule has 0 amide bonds. The van der Waals surface area contributed by atoms with Crippen LogP contribution in [0.2, 0.25) is 5.02 Å². The number of hydrogen-bond acceptors (Lipinski definition) is 7. The summed E-state index contributed by atoms with van der Waals surface area (Å²) in [7, 11) is 0. The summed E-state index contributed by atoms with van der Waals surface area (Å²) in [5.74, 6) is -1.20. The topological polar surface area (TPSA) is 88.1 Å². The van der Waals surface area contributed by atoms with E-state index in [1.807, 2.05) is 6.08 Å². The predicted molar refractivity (Wildman–Crippen MR) is 118 cm³/mol. The number of hydrogen-bond donors (Lipinski definition) is 0. The Morgan fingerprint density at radius 3 is 2.48 bits per heavy atom. The summed E-state index contributed by atoms with van der Waals surface area (Å²) in [5, 5.41) is 0.509. The third kappa shape index (κ3) is 3.31. The molecule has 9 heteroatoms. The van der Waals surface area contributed by atoms with Crippen molar-refractivity contribution in [1.29, 1.82) is 0 Å². The summed E-state index contributed by atoms with van der Waals surface area (Å²) in [6, 6.07) is 7.77. The maximum absolute atomic E-state index is 13.0. The van der Waals surface area contributed by atoms with Gasteiger partial charge in [0.2, 0.25) is 0 Å². The van der Waals surface area contributed by atoms with Gasteiger partial charge in [0.1, 0.15) is 17.2 Å². The van der Waals surface area contributed by atoms with Gasteiger partial charge in [-0.2, -0.15) is 0 Å². The maximum Gasteiger partial charge on any atom is 0.315 e. The summed E-state index contributed by atoms with van der Waals surface area (Å²) in [5.41, 5.74) is 0.0931. The first kappa shape index (κ1) is 21.6. The SMILES string of the molecule is CC(=O)Oc1ccc2c(c1)Oc1cc(OC(C)=O)c(Cl)cc1C21OC(=O)C2CC=CC(Cl)=C21. The molecule has 2 heterocycles. The molecule has 7 nitrogen and oxygen atoms in total. The van der Waals surface area contributed by atoms with E-state index in [1.165, 1.54) is 26.0 Å². The number of esters is 3. The predicted octanol–water partition coefficient (Wildman–Crippen LogP) is 5.17. The number of rotatable bonds is 2. The van der Waals surface area contributed by atoms with E-state index < -0.39 is 29.4 Å². The lowest BCUT2D eigenvalue weighted by Gasteiger charge is -2.38. The molecule has 168 valence electrons. The van der Waals surface area contributed by atoms with E-state index >= 15 is 0 Å². The van der Waals surface area contributed by atoms with Crippen LogP contribution in [0, 0.1) is 5.92 Å². The van der Waals surface area contributed by atoms with Gasteiger partial charge in [0, 0.05) is 47.7 Å². The molecule has 2 unspecified atom stereocenters. The van der Waals surface area contributed by atoms with Crippen LogP contribution < -0.4 is 14.2 Å². The van der Waals surface area contributed by atoms with E-state index in [0.717, 1.165) is 0 Å². The van der Waals surface area contributed by atoms with Crippen molar-refractivity contribution in [3.05, 3.63) is 69.2 Å². The Balaban J connectivity index is 1.80. The van der Waals surface area contributed by atoms with Gasteiger partial charge in [0.25, 0.3) is 0 Å². The Bertz CT molecular complexity index is 1310. The highest BCUT2D eigenvalue weighted by Crippen LogP contribution is 2.61. The molecule has 1 spiro atoms. The van der Waals surface area contributed by atoms with E-state index in [4.69, 9.17) is 42.1 Å². The minimum Gasteiger partial charge on any atom is -0.456 e. The lowest BCUT2D eigenvalue weighted by atomic mass is 9.73. The second-order valence-corrected chi connectivity index (χ2v) is 8.60.